The number of rotatable bonds is 5. The molecule has 0 aromatic heterocycles. The first-order chi connectivity index (χ1) is 12.1. The maximum Gasteiger partial charge on any atom is 0.224 e. The van der Waals surface area contributed by atoms with Crippen LogP contribution in [-0.2, 0) is 25.3 Å². The van der Waals surface area contributed by atoms with E-state index in [0.29, 0.717) is 13.2 Å². The Morgan fingerprint density at radius 3 is 2.60 bits per heavy atom. The van der Waals surface area contributed by atoms with Gasteiger partial charge in [-0.05, 0) is 5.56 Å². The number of hydrogen-bond acceptors (Lipinski definition) is 5. The molecule has 0 saturated carbocycles. The molecule has 1 aromatic rings. The SMILES string of the molecule is O=C(C[C@@H]1COCCN1S(=O)(=O)Cc1ccccc1)N1CCSCC1. The maximum absolute atomic E-state index is 12.9. The number of nitrogens with zero attached hydrogens (tertiary/aromatic N) is 2. The van der Waals surface area contributed by atoms with Crippen molar-refractivity contribution in [1.29, 1.82) is 0 Å². The van der Waals surface area contributed by atoms with Gasteiger partial charge in [0.2, 0.25) is 15.9 Å². The summed E-state index contributed by atoms with van der Waals surface area (Å²) in [6, 6.07) is 8.74. The third-order valence-corrected chi connectivity index (χ3v) is 7.33. The Kier molecular flexibility index (Phi) is 6.38. The summed E-state index contributed by atoms with van der Waals surface area (Å²) in [5.41, 5.74) is 0.757. The molecule has 2 fully saturated rings. The van der Waals surface area contributed by atoms with Crippen molar-refractivity contribution in [3.05, 3.63) is 35.9 Å². The Morgan fingerprint density at radius 2 is 1.88 bits per heavy atom. The van der Waals surface area contributed by atoms with Crippen LogP contribution in [-0.4, -0.2) is 73.9 Å². The molecule has 3 rings (SSSR count). The average Bonchev–Trinajstić information content (AvgIpc) is 2.63. The van der Waals surface area contributed by atoms with Crippen LogP contribution >= 0.6 is 11.8 Å². The van der Waals surface area contributed by atoms with Crippen molar-refractivity contribution in [2.45, 2.75) is 18.2 Å². The van der Waals surface area contributed by atoms with Gasteiger partial charge in [-0.3, -0.25) is 4.79 Å². The van der Waals surface area contributed by atoms with Crippen molar-refractivity contribution in [1.82, 2.24) is 9.21 Å². The average molecular weight is 385 g/mol. The monoisotopic (exact) mass is 384 g/mol. The molecule has 2 heterocycles. The van der Waals surface area contributed by atoms with Crippen LogP contribution in [0, 0.1) is 0 Å². The number of carbonyl (C=O) groups is 1. The molecule has 138 valence electrons. The number of hydrogen-bond donors (Lipinski definition) is 0. The van der Waals surface area contributed by atoms with Gasteiger partial charge in [0, 0.05) is 37.6 Å². The predicted octanol–water partition coefficient (Wildman–Crippen LogP) is 1.18. The molecule has 0 unspecified atom stereocenters. The van der Waals surface area contributed by atoms with Gasteiger partial charge in [0.05, 0.1) is 25.0 Å². The lowest BCUT2D eigenvalue weighted by Gasteiger charge is -2.36. The molecule has 2 aliphatic rings. The van der Waals surface area contributed by atoms with E-state index in [9.17, 15) is 13.2 Å². The van der Waals surface area contributed by atoms with Crippen molar-refractivity contribution in [2.24, 2.45) is 0 Å². The van der Waals surface area contributed by atoms with Gasteiger partial charge >= 0.3 is 0 Å². The Hall–Kier alpha value is -1.09. The molecule has 1 aromatic carbocycles. The number of carbonyl (C=O) groups excluding carboxylic acids is 1. The molecule has 0 N–H and O–H groups in total. The molecule has 25 heavy (non-hydrogen) atoms. The highest BCUT2D eigenvalue weighted by Crippen LogP contribution is 2.21. The zero-order chi connectivity index (χ0) is 17.7. The molecule has 6 nitrogen and oxygen atoms in total. The van der Waals surface area contributed by atoms with E-state index in [2.05, 4.69) is 0 Å². The van der Waals surface area contributed by atoms with Gasteiger partial charge in [0.15, 0.2) is 0 Å². The molecular formula is C17H24N2O4S2. The summed E-state index contributed by atoms with van der Waals surface area (Å²) >= 11 is 1.84. The minimum atomic E-state index is -3.48. The van der Waals surface area contributed by atoms with Gasteiger partial charge in [0.1, 0.15) is 0 Å². The van der Waals surface area contributed by atoms with Gasteiger partial charge < -0.3 is 9.64 Å². The van der Waals surface area contributed by atoms with Crippen LogP contribution in [0.4, 0.5) is 0 Å². The summed E-state index contributed by atoms with van der Waals surface area (Å²) in [5.74, 6) is 1.88. The first kappa shape index (κ1) is 18.7. The van der Waals surface area contributed by atoms with E-state index >= 15 is 0 Å². The Balaban J connectivity index is 1.68. The Morgan fingerprint density at radius 1 is 1.16 bits per heavy atom. The number of amides is 1. The topological polar surface area (TPSA) is 66.9 Å². The fourth-order valence-corrected chi connectivity index (χ4v) is 5.80. The largest absolute Gasteiger partial charge is 0.378 e. The lowest BCUT2D eigenvalue weighted by molar-refractivity contribution is -0.132. The minimum Gasteiger partial charge on any atom is -0.378 e. The highest BCUT2D eigenvalue weighted by Gasteiger charge is 2.35. The van der Waals surface area contributed by atoms with Crippen molar-refractivity contribution in [3.63, 3.8) is 0 Å². The molecule has 2 saturated heterocycles. The number of benzene rings is 1. The predicted molar refractivity (Wildman–Crippen MR) is 98.9 cm³/mol. The van der Waals surface area contributed by atoms with Crippen molar-refractivity contribution < 1.29 is 17.9 Å². The highest BCUT2D eigenvalue weighted by molar-refractivity contribution is 7.99. The maximum atomic E-state index is 12.9. The molecule has 1 amide bonds. The number of morpholine rings is 1. The third kappa shape index (κ3) is 4.97. The fraction of sp³-hybridized carbons (Fsp3) is 0.588. The lowest BCUT2D eigenvalue weighted by Crippen LogP contribution is -2.51. The Bertz CT molecular complexity index is 675. The summed E-state index contributed by atoms with van der Waals surface area (Å²) < 4.78 is 32.7. The molecular weight excluding hydrogens is 360 g/mol. The van der Waals surface area contributed by atoms with Crippen LogP contribution in [0.2, 0.25) is 0 Å². The molecule has 2 aliphatic heterocycles. The van der Waals surface area contributed by atoms with E-state index in [1.54, 1.807) is 0 Å². The summed E-state index contributed by atoms with van der Waals surface area (Å²) in [4.78, 5) is 14.4. The Labute approximate surface area is 153 Å². The molecule has 0 spiro atoms. The van der Waals surface area contributed by atoms with Gasteiger partial charge in [0.25, 0.3) is 0 Å². The van der Waals surface area contributed by atoms with E-state index in [1.165, 1.54) is 4.31 Å². The second-order valence-corrected chi connectivity index (χ2v) is 9.42. The minimum absolute atomic E-state index is 0.0238. The third-order valence-electron chi connectivity index (χ3n) is 4.50. The quantitative estimate of drug-likeness (QED) is 0.763. The second kappa shape index (κ2) is 8.53. The molecule has 0 bridgehead atoms. The van der Waals surface area contributed by atoms with E-state index in [0.717, 1.165) is 30.2 Å². The zero-order valence-corrected chi connectivity index (χ0v) is 15.8. The van der Waals surface area contributed by atoms with Gasteiger partial charge in [-0.2, -0.15) is 16.1 Å². The van der Waals surface area contributed by atoms with Crippen molar-refractivity contribution in [3.8, 4) is 0 Å². The number of ether oxygens (including phenoxy) is 1. The number of sulfonamides is 1. The standard InChI is InChI=1S/C17H24N2O4S2/c20-17(18-7-10-24-11-8-18)12-16-13-23-9-6-19(16)25(21,22)14-15-4-2-1-3-5-15/h1-5,16H,6-14H2/t16-/m1/s1. The van der Waals surface area contributed by atoms with Crippen LogP contribution in [0.15, 0.2) is 30.3 Å². The van der Waals surface area contributed by atoms with Crippen LogP contribution in [0.1, 0.15) is 12.0 Å². The molecule has 8 heteroatoms. The summed E-state index contributed by atoms with van der Waals surface area (Å²) in [6.07, 6.45) is 0.193. The zero-order valence-electron chi connectivity index (χ0n) is 14.2. The van der Waals surface area contributed by atoms with Gasteiger partial charge in [-0.15, -0.1) is 0 Å². The molecule has 1 atom stereocenters. The van der Waals surface area contributed by atoms with Crippen LogP contribution < -0.4 is 0 Å². The van der Waals surface area contributed by atoms with Crippen LogP contribution in [0.25, 0.3) is 0 Å². The van der Waals surface area contributed by atoms with Crippen LogP contribution in [0.5, 0.6) is 0 Å². The van der Waals surface area contributed by atoms with Gasteiger partial charge in [-0.1, -0.05) is 30.3 Å². The van der Waals surface area contributed by atoms with Crippen LogP contribution in [0.3, 0.4) is 0 Å². The second-order valence-electron chi connectivity index (χ2n) is 6.28. The highest BCUT2D eigenvalue weighted by atomic mass is 32.2. The fourth-order valence-electron chi connectivity index (χ4n) is 3.18. The smallest absolute Gasteiger partial charge is 0.224 e. The van der Waals surface area contributed by atoms with E-state index in [-0.39, 0.29) is 24.7 Å². The first-order valence-electron chi connectivity index (χ1n) is 8.53. The first-order valence-corrected chi connectivity index (χ1v) is 11.3. The van der Waals surface area contributed by atoms with E-state index < -0.39 is 16.1 Å². The van der Waals surface area contributed by atoms with Crippen molar-refractivity contribution in [2.75, 3.05) is 44.4 Å². The molecule has 0 aliphatic carbocycles. The van der Waals surface area contributed by atoms with Crippen molar-refractivity contribution >= 4 is 27.7 Å². The summed E-state index contributed by atoms with van der Waals surface area (Å²) in [7, 11) is -3.48. The normalized spacial score (nSPS) is 22.7. The summed E-state index contributed by atoms with van der Waals surface area (Å²) in [6.45, 7) is 2.45. The van der Waals surface area contributed by atoms with E-state index in [1.807, 2.05) is 47.0 Å². The van der Waals surface area contributed by atoms with E-state index in [4.69, 9.17) is 4.74 Å². The number of thioether (sulfide) groups is 1. The lowest BCUT2D eigenvalue weighted by atomic mass is 10.2. The van der Waals surface area contributed by atoms with Gasteiger partial charge in [-0.25, -0.2) is 8.42 Å². The molecule has 0 radical (unpaired) electrons. The summed E-state index contributed by atoms with van der Waals surface area (Å²) in [5, 5.41) is 0.